The van der Waals surface area contributed by atoms with Crippen LogP contribution in [0.2, 0.25) is 0 Å². The number of rotatable bonds is 3. The number of aliphatic carboxylic acids is 1. The van der Waals surface area contributed by atoms with Crippen LogP contribution in [-0.2, 0) is 9.59 Å². The van der Waals surface area contributed by atoms with E-state index in [1.54, 1.807) is 4.90 Å². The summed E-state index contributed by atoms with van der Waals surface area (Å²) < 4.78 is 0. The number of carboxylic acids is 1. The van der Waals surface area contributed by atoms with Gasteiger partial charge in [-0.05, 0) is 32.4 Å². The molecule has 0 spiro atoms. The SMILES string of the molecule is O=C(O)C=CC(=O)N1CCC(N2CCCC2)C1. The van der Waals surface area contributed by atoms with Crippen LogP contribution in [0.5, 0.6) is 0 Å². The summed E-state index contributed by atoms with van der Waals surface area (Å²) in [4.78, 5) is 26.2. The van der Waals surface area contributed by atoms with E-state index < -0.39 is 5.97 Å². The van der Waals surface area contributed by atoms with E-state index in [1.807, 2.05) is 0 Å². The summed E-state index contributed by atoms with van der Waals surface area (Å²) in [6.45, 7) is 3.75. The van der Waals surface area contributed by atoms with Crippen molar-refractivity contribution < 1.29 is 14.7 Å². The summed E-state index contributed by atoms with van der Waals surface area (Å²) in [6, 6.07) is 0.472. The summed E-state index contributed by atoms with van der Waals surface area (Å²) in [6.07, 6.45) is 5.57. The zero-order valence-electron chi connectivity index (χ0n) is 9.84. The fourth-order valence-corrected chi connectivity index (χ4v) is 2.59. The molecular weight excluding hydrogens is 220 g/mol. The monoisotopic (exact) mass is 238 g/mol. The van der Waals surface area contributed by atoms with Crippen molar-refractivity contribution in [3.8, 4) is 0 Å². The second kappa shape index (κ2) is 5.31. The van der Waals surface area contributed by atoms with Crippen LogP contribution in [0.3, 0.4) is 0 Å². The molecule has 94 valence electrons. The maximum absolute atomic E-state index is 11.7. The molecule has 0 saturated carbocycles. The van der Waals surface area contributed by atoms with Crippen molar-refractivity contribution in [1.29, 1.82) is 0 Å². The van der Waals surface area contributed by atoms with E-state index in [0.717, 1.165) is 44.8 Å². The van der Waals surface area contributed by atoms with Gasteiger partial charge in [-0.3, -0.25) is 9.69 Å². The molecule has 0 aromatic heterocycles. The minimum atomic E-state index is -1.08. The highest BCUT2D eigenvalue weighted by Gasteiger charge is 2.30. The Bertz CT molecular complexity index is 335. The summed E-state index contributed by atoms with van der Waals surface area (Å²) in [5.74, 6) is -1.26. The molecule has 2 rings (SSSR count). The largest absolute Gasteiger partial charge is 0.478 e. The Labute approximate surface area is 101 Å². The van der Waals surface area contributed by atoms with E-state index in [2.05, 4.69) is 4.90 Å². The molecule has 1 unspecified atom stereocenters. The fraction of sp³-hybridized carbons (Fsp3) is 0.667. The predicted octanol–water partition coefficient (Wildman–Crippen LogP) is 0.324. The van der Waals surface area contributed by atoms with Crippen molar-refractivity contribution in [2.75, 3.05) is 26.2 Å². The van der Waals surface area contributed by atoms with Gasteiger partial charge >= 0.3 is 5.97 Å². The summed E-state index contributed by atoms with van der Waals surface area (Å²) in [7, 11) is 0. The van der Waals surface area contributed by atoms with Crippen molar-refractivity contribution >= 4 is 11.9 Å². The number of likely N-dealkylation sites (tertiary alicyclic amines) is 2. The van der Waals surface area contributed by atoms with Gasteiger partial charge in [-0.15, -0.1) is 0 Å². The lowest BCUT2D eigenvalue weighted by atomic mass is 10.2. The highest BCUT2D eigenvalue weighted by atomic mass is 16.4. The van der Waals surface area contributed by atoms with E-state index in [4.69, 9.17) is 5.11 Å². The number of amides is 1. The molecule has 1 N–H and O–H groups in total. The predicted molar refractivity (Wildman–Crippen MR) is 62.6 cm³/mol. The molecule has 0 bridgehead atoms. The van der Waals surface area contributed by atoms with E-state index in [9.17, 15) is 9.59 Å². The molecule has 1 atom stereocenters. The van der Waals surface area contributed by atoms with Gasteiger partial charge in [0.05, 0.1) is 0 Å². The third-order valence-electron chi connectivity index (χ3n) is 3.50. The number of carbonyl (C=O) groups is 2. The molecule has 0 aliphatic carbocycles. The highest BCUT2D eigenvalue weighted by Crippen LogP contribution is 2.20. The molecule has 5 heteroatoms. The van der Waals surface area contributed by atoms with Crippen molar-refractivity contribution in [3.63, 3.8) is 0 Å². The first-order chi connectivity index (χ1) is 8.16. The Balaban J connectivity index is 1.84. The van der Waals surface area contributed by atoms with Gasteiger partial charge in [-0.1, -0.05) is 0 Å². The topological polar surface area (TPSA) is 60.9 Å². The van der Waals surface area contributed by atoms with E-state index in [0.29, 0.717) is 6.04 Å². The Morgan fingerprint density at radius 3 is 2.47 bits per heavy atom. The second-order valence-corrected chi connectivity index (χ2v) is 4.64. The molecule has 1 amide bonds. The lowest BCUT2D eigenvalue weighted by Crippen LogP contribution is -2.36. The van der Waals surface area contributed by atoms with Crippen molar-refractivity contribution in [2.45, 2.75) is 25.3 Å². The van der Waals surface area contributed by atoms with Crippen LogP contribution in [0.4, 0.5) is 0 Å². The Morgan fingerprint density at radius 1 is 1.12 bits per heavy atom. The van der Waals surface area contributed by atoms with Crippen LogP contribution >= 0.6 is 0 Å². The van der Waals surface area contributed by atoms with Gasteiger partial charge < -0.3 is 10.0 Å². The normalized spacial score (nSPS) is 25.9. The first-order valence-electron chi connectivity index (χ1n) is 6.11. The summed E-state index contributed by atoms with van der Waals surface area (Å²) in [5, 5.41) is 8.46. The first kappa shape index (κ1) is 12.1. The molecule has 2 saturated heterocycles. The van der Waals surface area contributed by atoms with Crippen molar-refractivity contribution in [2.24, 2.45) is 0 Å². The van der Waals surface area contributed by atoms with Crippen LogP contribution in [-0.4, -0.2) is 59.0 Å². The molecule has 0 radical (unpaired) electrons. The van der Waals surface area contributed by atoms with Crippen LogP contribution in [0.1, 0.15) is 19.3 Å². The zero-order valence-corrected chi connectivity index (χ0v) is 9.84. The third-order valence-corrected chi connectivity index (χ3v) is 3.50. The molecule has 0 aromatic rings. The lowest BCUT2D eigenvalue weighted by molar-refractivity contribution is -0.132. The van der Waals surface area contributed by atoms with Gasteiger partial charge in [0.15, 0.2) is 0 Å². The Kier molecular flexibility index (Phi) is 3.78. The smallest absolute Gasteiger partial charge is 0.328 e. The maximum Gasteiger partial charge on any atom is 0.328 e. The van der Waals surface area contributed by atoms with Gasteiger partial charge in [0.1, 0.15) is 0 Å². The maximum atomic E-state index is 11.7. The number of carboxylic acid groups (broad SMARTS) is 1. The van der Waals surface area contributed by atoms with Crippen LogP contribution in [0.25, 0.3) is 0 Å². The van der Waals surface area contributed by atoms with Gasteiger partial charge in [0, 0.05) is 31.3 Å². The van der Waals surface area contributed by atoms with Gasteiger partial charge in [-0.2, -0.15) is 0 Å². The average Bonchev–Trinajstić information content (AvgIpc) is 2.94. The average molecular weight is 238 g/mol. The molecular formula is C12H18N2O3. The van der Waals surface area contributed by atoms with Crippen molar-refractivity contribution in [3.05, 3.63) is 12.2 Å². The minimum Gasteiger partial charge on any atom is -0.478 e. The molecule has 17 heavy (non-hydrogen) atoms. The quantitative estimate of drug-likeness (QED) is 0.719. The number of hydrogen-bond donors (Lipinski definition) is 1. The number of carbonyl (C=O) groups excluding carboxylic acids is 1. The van der Waals surface area contributed by atoms with Crippen LogP contribution in [0.15, 0.2) is 12.2 Å². The van der Waals surface area contributed by atoms with Crippen LogP contribution < -0.4 is 0 Å². The number of hydrogen-bond acceptors (Lipinski definition) is 3. The molecule has 0 aromatic carbocycles. The minimum absolute atomic E-state index is 0.186. The van der Waals surface area contributed by atoms with Gasteiger partial charge in [0.25, 0.3) is 0 Å². The Morgan fingerprint density at radius 2 is 1.82 bits per heavy atom. The molecule has 2 heterocycles. The lowest BCUT2D eigenvalue weighted by Gasteiger charge is -2.23. The molecule has 5 nitrogen and oxygen atoms in total. The zero-order chi connectivity index (χ0) is 12.3. The third kappa shape index (κ3) is 3.06. The molecule has 2 fully saturated rings. The van der Waals surface area contributed by atoms with Crippen molar-refractivity contribution in [1.82, 2.24) is 9.80 Å². The highest BCUT2D eigenvalue weighted by molar-refractivity contribution is 5.94. The Hall–Kier alpha value is -1.36. The summed E-state index contributed by atoms with van der Waals surface area (Å²) >= 11 is 0. The fourth-order valence-electron chi connectivity index (χ4n) is 2.59. The van der Waals surface area contributed by atoms with E-state index in [1.165, 1.54) is 12.8 Å². The van der Waals surface area contributed by atoms with Gasteiger partial charge in [0.2, 0.25) is 5.91 Å². The molecule has 2 aliphatic rings. The first-order valence-corrected chi connectivity index (χ1v) is 6.11. The standard InChI is InChI=1S/C12H18N2O3/c15-11(3-4-12(16)17)14-8-5-10(9-14)13-6-1-2-7-13/h3-4,10H,1-2,5-9H2,(H,16,17). The molecule has 2 aliphatic heterocycles. The van der Waals surface area contributed by atoms with E-state index >= 15 is 0 Å². The van der Waals surface area contributed by atoms with Crippen LogP contribution in [0, 0.1) is 0 Å². The summed E-state index contributed by atoms with van der Waals surface area (Å²) in [5.41, 5.74) is 0. The second-order valence-electron chi connectivity index (χ2n) is 4.64. The van der Waals surface area contributed by atoms with Gasteiger partial charge in [-0.25, -0.2) is 4.79 Å². The number of nitrogens with zero attached hydrogens (tertiary/aromatic N) is 2. The van der Waals surface area contributed by atoms with E-state index in [-0.39, 0.29) is 5.91 Å².